The minimum absolute atomic E-state index is 0. The molecule has 0 aliphatic carbocycles. The molecule has 8 aromatic rings. The SMILES string of the molecule is F[P-](F)(F)(F)(F)F.F[P-](F)(F)(F)(F)F.[Ru+2].c1ccc(-c2cccc(-c3ccccn3)n2)nc1.c1ccc(-c2ccccn2)nc1.c1ccc(O[PH+](Oc2ccccc2)Oc2ccccc2)cc1. The summed E-state index contributed by atoms with van der Waals surface area (Å²) in [6.45, 7) is 0. The topological polar surface area (TPSA) is 92.1 Å². The third kappa shape index (κ3) is 28.5. The van der Waals surface area contributed by atoms with E-state index in [1.807, 2.05) is 182 Å². The van der Waals surface area contributed by atoms with Gasteiger partial charge in [-0.05, 0) is 97.1 Å². The number of nitrogens with zero attached hydrogens (tertiary/aromatic N) is 5. The van der Waals surface area contributed by atoms with Crippen molar-refractivity contribution in [1.82, 2.24) is 24.9 Å². The molecule has 0 radical (unpaired) electrons. The van der Waals surface area contributed by atoms with Crippen LogP contribution in [0.25, 0.3) is 34.2 Å². The van der Waals surface area contributed by atoms with Gasteiger partial charge in [0.25, 0.3) is 0 Å². The third-order valence-corrected chi connectivity index (χ3v) is 8.24. The van der Waals surface area contributed by atoms with E-state index in [1.54, 1.807) is 24.8 Å². The van der Waals surface area contributed by atoms with Gasteiger partial charge in [0, 0.05) is 24.8 Å². The van der Waals surface area contributed by atoms with Gasteiger partial charge in [0.15, 0.2) is 17.2 Å². The van der Waals surface area contributed by atoms with Gasteiger partial charge in [-0.3, -0.25) is 33.5 Å². The molecular formula is C43H35F12N5O3P3Ru+. The Labute approximate surface area is 389 Å². The zero-order valence-electron chi connectivity index (χ0n) is 33.9. The molecule has 0 N–H and O–H groups in total. The van der Waals surface area contributed by atoms with E-state index in [-0.39, 0.29) is 19.5 Å². The van der Waals surface area contributed by atoms with Crippen molar-refractivity contribution < 1.29 is 83.4 Å². The van der Waals surface area contributed by atoms with Crippen LogP contribution in [0.2, 0.25) is 0 Å². The average molecular weight is 1090 g/mol. The van der Waals surface area contributed by atoms with Gasteiger partial charge in [0.1, 0.15) is 0 Å². The molecule has 0 amide bonds. The van der Waals surface area contributed by atoms with E-state index in [2.05, 4.69) is 24.9 Å². The summed E-state index contributed by atoms with van der Waals surface area (Å²) in [6, 6.07) is 57.7. The van der Waals surface area contributed by atoms with Gasteiger partial charge < -0.3 is 0 Å². The Kier molecular flexibility index (Phi) is 18.6. The van der Waals surface area contributed by atoms with Crippen LogP contribution >= 0.6 is 24.2 Å². The predicted octanol–water partition coefficient (Wildman–Crippen LogP) is 17.3. The molecule has 8 rings (SSSR count). The number of para-hydroxylation sites is 3. The molecule has 0 unspecified atom stereocenters. The molecule has 67 heavy (non-hydrogen) atoms. The number of pyridine rings is 5. The Bertz CT molecular complexity index is 2410. The second kappa shape index (κ2) is 22.6. The summed E-state index contributed by atoms with van der Waals surface area (Å²) in [5.74, 6) is 2.18. The maximum absolute atomic E-state index is 10.7. The van der Waals surface area contributed by atoms with Gasteiger partial charge in [-0.15, -0.1) is 0 Å². The summed E-state index contributed by atoms with van der Waals surface area (Å²) >= 11 is 0. The summed E-state index contributed by atoms with van der Waals surface area (Å²) in [5, 5.41) is 0. The van der Waals surface area contributed by atoms with Crippen molar-refractivity contribution in [2.45, 2.75) is 0 Å². The minimum atomic E-state index is -10.7. The van der Waals surface area contributed by atoms with E-state index in [0.29, 0.717) is 0 Å². The molecular weight excluding hydrogens is 1060 g/mol. The van der Waals surface area contributed by atoms with Crippen LogP contribution < -0.4 is 13.6 Å². The van der Waals surface area contributed by atoms with Crippen LogP contribution in [0.5, 0.6) is 17.2 Å². The van der Waals surface area contributed by atoms with E-state index in [9.17, 15) is 50.4 Å². The maximum Gasteiger partial charge on any atom is 2.00 e. The normalized spacial score (nSPS) is 12.7. The zero-order chi connectivity index (χ0) is 48.3. The van der Waals surface area contributed by atoms with Gasteiger partial charge in [0.2, 0.25) is 0 Å². The van der Waals surface area contributed by atoms with Crippen LogP contribution in [-0.4, -0.2) is 24.9 Å². The standard InChI is InChI=1S/C18H16O3P.C15H11N3.C10H8N2.2F6P.Ru/c1-4-10-16(11-5-1)19-22(20-17-12-6-2-7-13-17)21-18-14-8-3-9-15-18;1-3-10-16-12(6-1)14-8-5-9-15(18-14)13-7-2-4-11-17-13;1-3-7-11-9(5-1)10-6-2-4-8-12-10;2*1-7(2,3,4,5)6;/h1-15,22H;1-11H;1-8H;;;/q+1;;;2*-1;+2. The van der Waals surface area contributed by atoms with E-state index in [4.69, 9.17) is 13.6 Å². The van der Waals surface area contributed by atoms with Gasteiger partial charge in [-0.2, -0.15) is 0 Å². The fourth-order valence-corrected chi connectivity index (χ4v) is 5.70. The molecule has 5 aromatic heterocycles. The van der Waals surface area contributed by atoms with E-state index < -0.39 is 24.2 Å². The van der Waals surface area contributed by atoms with Crippen molar-refractivity contribution >= 4 is 24.2 Å². The van der Waals surface area contributed by atoms with Gasteiger partial charge in [-0.1, -0.05) is 84.9 Å². The number of benzene rings is 3. The smallest absolute Gasteiger partial charge is 0.273 e. The fraction of sp³-hybridized carbons (Fsp3) is 0. The van der Waals surface area contributed by atoms with Crippen LogP contribution in [0.4, 0.5) is 50.4 Å². The summed E-state index contributed by atoms with van der Waals surface area (Å²) in [4.78, 5) is 21.6. The molecule has 3 aromatic carbocycles. The van der Waals surface area contributed by atoms with E-state index in [1.165, 1.54) is 0 Å². The molecule has 0 saturated heterocycles. The second-order valence-corrected chi connectivity index (χ2v) is 17.6. The number of aromatic nitrogens is 5. The third-order valence-electron chi connectivity index (χ3n) is 7.03. The van der Waals surface area contributed by atoms with Crippen LogP contribution in [-0.2, 0) is 19.5 Å². The summed E-state index contributed by atoms with van der Waals surface area (Å²) in [5.41, 5.74) is 5.29. The van der Waals surface area contributed by atoms with Gasteiger partial charge in [0.05, 0.1) is 34.2 Å². The Morgan fingerprint density at radius 2 is 0.493 bits per heavy atom. The summed E-state index contributed by atoms with van der Waals surface area (Å²) in [7, 11) is -23.3. The van der Waals surface area contributed by atoms with Crippen LogP contribution in [0, 0.1) is 0 Å². The van der Waals surface area contributed by atoms with E-state index >= 15 is 0 Å². The predicted molar refractivity (Wildman–Crippen MR) is 235 cm³/mol. The Morgan fingerprint density at radius 3 is 0.716 bits per heavy atom. The monoisotopic (exact) mass is 1090 g/mol. The molecule has 24 heteroatoms. The fourth-order valence-electron chi connectivity index (χ4n) is 4.59. The van der Waals surface area contributed by atoms with Crippen molar-refractivity contribution in [3.8, 4) is 51.4 Å². The van der Waals surface area contributed by atoms with Crippen molar-refractivity contribution in [2.75, 3.05) is 0 Å². The molecule has 8 nitrogen and oxygen atoms in total. The van der Waals surface area contributed by atoms with Crippen molar-refractivity contribution in [2.24, 2.45) is 0 Å². The first-order valence-corrected chi connectivity index (χ1v) is 23.8. The quantitative estimate of drug-likeness (QED) is 0.0802. The molecule has 5 heterocycles. The first kappa shape index (κ1) is 55.2. The first-order chi connectivity index (χ1) is 30.7. The number of hydrogen-bond acceptors (Lipinski definition) is 8. The largest absolute Gasteiger partial charge is 2.00 e. The van der Waals surface area contributed by atoms with Gasteiger partial charge >= 0.3 is 94.1 Å². The number of hydrogen-bond donors (Lipinski definition) is 0. The maximum atomic E-state index is 9.87. The Balaban J connectivity index is 0.000000238. The van der Waals surface area contributed by atoms with Crippen LogP contribution in [0.15, 0.2) is 207 Å². The molecule has 0 aliphatic rings. The van der Waals surface area contributed by atoms with Crippen molar-refractivity contribution in [1.29, 1.82) is 0 Å². The molecule has 0 spiro atoms. The molecule has 0 bridgehead atoms. The Hall–Kier alpha value is -6.12. The molecule has 0 fully saturated rings. The number of rotatable bonds is 9. The molecule has 0 aliphatic heterocycles. The summed E-state index contributed by atoms with van der Waals surface area (Å²) in [6.07, 6.45) is 7.07. The summed E-state index contributed by atoms with van der Waals surface area (Å²) < 4.78 is 136. The molecule has 356 valence electrons. The van der Waals surface area contributed by atoms with Crippen molar-refractivity contribution in [3.05, 3.63) is 207 Å². The number of halogens is 12. The Morgan fingerprint density at radius 1 is 0.284 bits per heavy atom. The van der Waals surface area contributed by atoms with Crippen molar-refractivity contribution in [3.63, 3.8) is 0 Å². The zero-order valence-corrected chi connectivity index (χ0v) is 38.4. The molecule has 0 saturated carbocycles. The van der Waals surface area contributed by atoms with Gasteiger partial charge in [-0.25, -0.2) is 4.98 Å². The van der Waals surface area contributed by atoms with Crippen LogP contribution in [0.3, 0.4) is 0 Å². The molecule has 0 atom stereocenters. The van der Waals surface area contributed by atoms with E-state index in [0.717, 1.165) is 51.4 Å². The average Bonchev–Trinajstić information content (AvgIpc) is 3.27. The minimum Gasteiger partial charge on any atom is -0.273 e. The first-order valence-electron chi connectivity index (χ1n) is 18.5. The van der Waals surface area contributed by atoms with Crippen LogP contribution in [0.1, 0.15) is 0 Å². The second-order valence-electron chi connectivity index (χ2n) is 12.7.